The highest BCUT2D eigenvalue weighted by Gasteiger charge is 2.39. The Kier molecular flexibility index (Phi) is 4.79. The van der Waals surface area contributed by atoms with Crippen LogP contribution in [0.2, 0.25) is 0 Å². The van der Waals surface area contributed by atoms with E-state index in [4.69, 9.17) is 5.11 Å². The van der Waals surface area contributed by atoms with Gasteiger partial charge in [0.05, 0.1) is 0 Å². The van der Waals surface area contributed by atoms with Crippen LogP contribution in [0.1, 0.15) is 22.0 Å². The van der Waals surface area contributed by atoms with Crippen LogP contribution in [-0.2, 0) is 0 Å². The predicted molar refractivity (Wildman–Crippen MR) is 73.2 cm³/mol. The van der Waals surface area contributed by atoms with Crippen LogP contribution in [0.25, 0.3) is 11.1 Å². The summed E-state index contributed by atoms with van der Waals surface area (Å²) >= 11 is 0. The van der Waals surface area contributed by atoms with Gasteiger partial charge in [-0.2, -0.15) is 13.2 Å². The van der Waals surface area contributed by atoms with Crippen LogP contribution in [0.5, 0.6) is 0 Å². The smallest absolute Gasteiger partial charge is 0.379 e. The van der Waals surface area contributed by atoms with Gasteiger partial charge in [-0.3, -0.25) is 4.79 Å². The van der Waals surface area contributed by atoms with Gasteiger partial charge in [0.25, 0.3) is 0 Å². The molecule has 7 heteroatoms. The molecule has 2 nitrogen and oxygen atoms in total. The minimum absolute atomic E-state index is 0.145. The summed E-state index contributed by atoms with van der Waals surface area (Å²) in [6.45, 7) is 0. The van der Waals surface area contributed by atoms with Crippen LogP contribution in [0.3, 0.4) is 0 Å². The third-order valence-electron chi connectivity index (χ3n) is 3.24. The first-order valence-electron chi connectivity index (χ1n) is 6.47. The number of hydrogen-bond acceptors (Lipinski definition) is 2. The average Bonchev–Trinajstić information content (AvgIpc) is 2.53. The van der Waals surface area contributed by atoms with Crippen LogP contribution >= 0.6 is 0 Å². The topological polar surface area (TPSA) is 37.3 Å². The highest BCUT2D eigenvalue weighted by atomic mass is 19.4. The highest BCUT2D eigenvalue weighted by Crippen LogP contribution is 2.33. The van der Waals surface area contributed by atoms with Crippen molar-refractivity contribution >= 4 is 5.78 Å². The van der Waals surface area contributed by atoms with E-state index in [0.29, 0.717) is 11.1 Å². The SMILES string of the molecule is O=C(c1ccc(-c2ccc([C@@H](O)C(F)(F)F)cc2)cc1)C(F)F. The Labute approximate surface area is 128 Å². The van der Waals surface area contributed by atoms with Gasteiger partial charge in [-0.1, -0.05) is 48.5 Å². The second-order valence-corrected chi connectivity index (χ2v) is 4.81. The third kappa shape index (κ3) is 3.92. The lowest BCUT2D eigenvalue weighted by molar-refractivity contribution is -0.206. The van der Waals surface area contributed by atoms with Crippen molar-refractivity contribution in [2.75, 3.05) is 0 Å². The fourth-order valence-corrected chi connectivity index (χ4v) is 2.00. The predicted octanol–water partition coefficient (Wildman–Crippen LogP) is 4.40. The van der Waals surface area contributed by atoms with Gasteiger partial charge >= 0.3 is 12.6 Å². The van der Waals surface area contributed by atoms with Crippen molar-refractivity contribution in [1.29, 1.82) is 0 Å². The van der Waals surface area contributed by atoms with E-state index < -0.39 is 24.5 Å². The first-order chi connectivity index (χ1) is 10.7. The van der Waals surface area contributed by atoms with Gasteiger partial charge < -0.3 is 5.11 Å². The molecule has 0 aliphatic rings. The molecule has 0 unspecified atom stereocenters. The molecule has 0 fully saturated rings. The molecule has 122 valence electrons. The number of ketones is 1. The van der Waals surface area contributed by atoms with Crippen molar-refractivity contribution in [3.63, 3.8) is 0 Å². The molecule has 0 aliphatic carbocycles. The third-order valence-corrected chi connectivity index (χ3v) is 3.24. The first kappa shape index (κ1) is 17.1. The van der Waals surface area contributed by atoms with E-state index in [2.05, 4.69) is 0 Å². The molecule has 2 aromatic carbocycles. The molecule has 0 aromatic heterocycles. The van der Waals surface area contributed by atoms with Crippen molar-refractivity contribution in [3.05, 3.63) is 59.7 Å². The molecule has 0 saturated heterocycles. The molecule has 0 spiro atoms. The second kappa shape index (κ2) is 6.45. The van der Waals surface area contributed by atoms with Gasteiger partial charge in [-0.15, -0.1) is 0 Å². The largest absolute Gasteiger partial charge is 0.418 e. The number of aliphatic hydroxyl groups excluding tert-OH is 1. The maximum Gasteiger partial charge on any atom is 0.418 e. The molecule has 0 heterocycles. The van der Waals surface area contributed by atoms with Crippen molar-refractivity contribution in [1.82, 2.24) is 0 Å². The number of benzene rings is 2. The summed E-state index contributed by atoms with van der Waals surface area (Å²) in [7, 11) is 0. The van der Waals surface area contributed by atoms with Crippen LogP contribution in [0.15, 0.2) is 48.5 Å². The molecular weight excluding hydrogens is 319 g/mol. The minimum atomic E-state index is -4.75. The monoisotopic (exact) mass is 330 g/mol. The Morgan fingerprint density at radius 2 is 1.30 bits per heavy atom. The molecule has 1 N–H and O–H groups in total. The minimum Gasteiger partial charge on any atom is -0.379 e. The number of hydrogen-bond donors (Lipinski definition) is 1. The first-order valence-corrected chi connectivity index (χ1v) is 6.47. The fraction of sp³-hybridized carbons (Fsp3) is 0.188. The van der Waals surface area contributed by atoms with Crippen molar-refractivity contribution in [3.8, 4) is 11.1 Å². The van der Waals surface area contributed by atoms with Gasteiger partial charge in [0.15, 0.2) is 6.10 Å². The lowest BCUT2D eigenvalue weighted by Crippen LogP contribution is -2.19. The zero-order chi connectivity index (χ0) is 17.2. The number of rotatable bonds is 4. The maximum atomic E-state index is 12.4. The number of carbonyl (C=O) groups is 1. The number of aliphatic hydroxyl groups is 1. The lowest BCUT2D eigenvalue weighted by atomic mass is 10.00. The second-order valence-electron chi connectivity index (χ2n) is 4.81. The molecule has 0 radical (unpaired) electrons. The summed E-state index contributed by atoms with van der Waals surface area (Å²) in [5.74, 6) is -1.29. The van der Waals surface area contributed by atoms with E-state index in [1.807, 2.05) is 0 Å². The van der Waals surface area contributed by atoms with Crippen molar-refractivity contribution in [2.45, 2.75) is 18.7 Å². The number of alkyl halides is 5. The summed E-state index contributed by atoms with van der Waals surface area (Å²) in [5, 5.41) is 9.13. The van der Waals surface area contributed by atoms with E-state index in [9.17, 15) is 26.7 Å². The summed E-state index contributed by atoms with van der Waals surface area (Å²) in [5.41, 5.74) is 0.627. The van der Waals surface area contributed by atoms with Gasteiger partial charge in [0, 0.05) is 5.56 Å². The van der Waals surface area contributed by atoms with Crippen LogP contribution in [-0.4, -0.2) is 23.5 Å². The van der Waals surface area contributed by atoms with E-state index in [-0.39, 0.29) is 11.1 Å². The highest BCUT2D eigenvalue weighted by molar-refractivity contribution is 5.98. The van der Waals surface area contributed by atoms with E-state index in [1.54, 1.807) is 0 Å². The average molecular weight is 330 g/mol. The Hall–Kier alpha value is -2.28. The van der Waals surface area contributed by atoms with Gasteiger partial charge in [-0.05, 0) is 16.7 Å². The number of halogens is 5. The van der Waals surface area contributed by atoms with Crippen molar-refractivity contribution < 1.29 is 31.9 Å². The Morgan fingerprint density at radius 3 is 1.70 bits per heavy atom. The Balaban J connectivity index is 2.21. The number of carbonyl (C=O) groups excluding carboxylic acids is 1. The molecule has 2 aromatic rings. The zero-order valence-electron chi connectivity index (χ0n) is 11.5. The molecule has 0 saturated carbocycles. The van der Waals surface area contributed by atoms with E-state index in [0.717, 1.165) is 12.1 Å². The molecule has 2 rings (SSSR count). The van der Waals surface area contributed by atoms with Gasteiger partial charge in [0.2, 0.25) is 5.78 Å². The Morgan fingerprint density at radius 1 is 0.870 bits per heavy atom. The molecule has 1 atom stereocenters. The summed E-state index contributed by atoms with van der Waals surface area (Å²) in [4.78, 5) is 11.1. The molecule has 0 amide bonds. The Bertz CT molecular complexity index is 675. The fourth-order valence-electron chi connectivity index (χ4n) is 2.00. The molecule has 0 aliphatic heterocycles. The lowest BCUT2D eigenvalue weighted by Gasteiger charge is -2.15. The number of Topliss-reactive ketones (excluding diaryl/α,β-unsaturated/α-hetero) is 1. The van der Waals surface area contributed by atoms with Crippen LogP contribution in [0, 0.1) is 0 Å². The standard InChI is InChI=1S/C16H11F5O2/c17-15(18)13(22)11-5-1-9(2-6-11)10-3-7-12(8-4-10)14(23)16(19,20)21/h1-8,14-15,23H/t14-/m1/s1. The zero-order valence-corrected chi connectivity index (χ0v) is 11.5. The molecular formula is C16H11F5O2. The molecule has 0 bridgehead atoms. The summed E-state index contributed by atoms with van der Waals surface area (Å²) in [6.07, 6.45) is -10.4. The maximum absolute atomic E-state index is 12.4. The quantitative estimate of drug-likeness (QED) is 0.666. The van der Waals surface area contributed by atoms with Crippen molar-refractivity contribution in [2.24, 2.45) is 0 Å². The van der Waals surface area contributed by atoms with Gasteiger partial charge in [0.1, 0.15) is 0 Å². The molecule has 23 heavy (non-hydrogen) atoms. The van der Waals surface area contributed by atoms with E-state index in [1.165, 1.54) is 36.4 Å². The van der Waals surface area contributed by atoms with Gasteiger partial charge in [-0.25, -0.2) is 8.78 Å². The summed E-state index contributed by atoms with van der Waals surface area (Å²) < 4.78 is 61.8. The normalized spacial score (nSPS) is 13.2. The van der Waals surface area contributed by atoms with Crippen LogP contribution in [0.4, 0.5) is 22.0 Å². The van der Waals surface area contributed by atoms with Crippen LogP contribution < -0.4 is 0 Å². The van der Waals surface area contributed by atoms with E-state index >= 15 is 0 Å². The summed E-state index contributed by atoms with van der Waals surface area (Å²) in [6, 6.07) is 10.3.